The third-order valence-corrected chi connectivity index (χ3v) is 7.22. The van der Waals surface area contributed by atoms with Gasteiger partial charge in [0, 0.05) is 47.5 Å². The first kappa shape index (κ1) is 17.7. The molecule has 28 heavy (non-hydrogen) atoms. The molecule has 1 aliphatic heterocycles. The Kier molecular flexibility index (Phi) is 4.17. The molecule has 0 unspecified atom stereocenters. The van der Waals surface area contributed by atoms with Crippen molar-refractivity contribution in [2.24, 2.45) is 0 Å². The number of halogens is 1. The van der Waals surface area contributed by atoms with Crippen molar-refractivity contribution in [2.75, 3.05) is 26.2 Å². The van der Waals surface area contributed by atoms with Crippen LogP contribution in [-0.4, -0.2) is 54.1 Å². The summed E-state index contributed by atoms with van der Waals surface area (Å²) in [5, 5.41) is 13.0. The van der Waals surface area contributed by atoms with E-state index < -0.39 is 10.0 Å². The third-order valence-electron chi connectivity index (χ3n) is 5.09. The van der Waals surface area contributed by atoms with Gasteiger partial charge in [0.05, 0.1) is 16.1 Å². The first-order chi connectivity index (χ1) is 13.5. The van der Waals surface area contributed by atoms with Crippen molar-refractivity contribution in [3.8, 4) is 11.4 Å². The van der Waals surface area contributed by atoms with Crippen molar-refractivity contribution in [1.82, 2.24) is 24.8 Å². The molecule has 0 saturated carbocycles. The Labute approximate surface area is 166 Å². The molecule has 2 aromatic heterocycles. The molecule has 4 aromatic rings. The Morgan fingerprint density at radius 1 is 1.00 bits per heavy atom. The van der Waals surface area contributed by atoms with E-state index in [-0.39, 0.29) is 0 Å². The van der Waals surface area contributed by atoms with Crippen molar-refractivity contribution in [3.63, 3.8) is 0 Å². The summed E-state index contributed by atoms with van der Waals surface area (Å²) in [5.41, 5.74) is 3.30. The summed E-state index contributed by atoms with van der Waals surface area (Å²) in [4.78, 5) is 3.64. The zero-order chi connectivity index (χ0) is 19.3. The summed E-state index contributed by atoms with van der Waals surface area (Å²) >= 11 is 6.04. The quantitative estimate of drug-likeness (QED) is 0.479. The number of fused-ring (bicyclic) bond motifs is 2. The predicted molar refractivity (Wildman–Crippen MR) is 110 cm³/mol. The number of H-pyrrole nitrogens is 2. The lowest BCUT2D eigenvalue weighted by molar-refractivity contribution is 0.360. The molecule has 7 nitrogen and oxygen atoms in total. The lowest BCUT2D eigenvalue weighted by Gasteiger charge is -2.26. The average molecular weight is 416 g/mol. The average Bonchev–Trinajstić information content (AvgIpc) is 3.31. The molecule has 0 atom stereocenters. The highest BCUT2D eigenvalue weighted by molar-refractivity contribution is 7.89. The van der Waals surface area contributed by atoms with Gasteiger partial charge in [0.25, 0.3) is 0 Å². The number of aromatic nitrogens is 3. The number of nitrogens with zero attached hydrogens (tertiary/aromatic N) is 2. The van der Waals surface area contributed by atoms with Crippen LogP contribution in [0, 0.1) is 0 Å². The molecular weight excluding hydrogens is 398 g/mol. The molecule has 1 aliphatic rings. The van der Waals surface area contributed by atoms with E-state index >= 15 is 0 Å². The minimum atomic E-state index is -3.49. The summed E-state index contributed by atoms with van der Waals surface area (Å²) < 4.78 is 27.4. The fourth-order valence-corrected chi connectivity index (χ4v) is 5.28. The number of nitrogens with one attached hydrogen (secondary N) is 3. The third kappa shape index (κ3) is 2.89. The van der Waals surface area contributed by atoms with Crippen LogP contribution in [0.15, 0.2) is 47.4 Å². The van der Waals surface area contributed by atoms with Crippen LogP contribution in [0.3, 0.4) is 0 Å². The van der Waals surface area contributed by atoms with E-state index in [0.717, 1.165) is 33.2 Å². The lowest BCUT2D eigenvalue weighted by atomic mass is 10.1. The van der Waals surface area contributed by atoms with E-state index in [1.165, 1.54) is 4.31 Å². The van der Waals surface area contributed by atoms with Gasteiger partial charge in [-0.1, -0.05) is 11.6 Å². The molecule has 144 valence electrons. The van der Waals surface area contributed by atoms with Crippen LogP contribution in [0.1, 0.15) is 0 Å². The number of benzene rings is 2. The number of hydrogen-bond acceptors (Lipinski definition) is 4. The van der Waals surface area contributed by atoms with Crippen molar-refractivity contribution in [3.05, 3.63) is 47.5 Å². The summed E-state index contributed by atoms with van der Waals surface area (Å²) in [6.07, 6.45) is 0. The van der Waals surface area contributed by atoms with E-state index in [9.17, 15) is 8.42 Å². The van der Waals surface area contributed by atoms with Gasteiger partial charge in [-0.25, -0.2) is 8.42 Å². The predicted octanol–water partition coefficient (Wildman–Crippen LogP) is 2.96. The zero-order valence-electron chi connectivity index (χ0n) is 14.9. The van der Waals surface area contributed by atoms with Crippen molar-refractivity contribution in [1.29, 1.82) is 0 Å². The maximum atomic E-state index is 12.9. The molecule has 1 saturated heterocycles. The Balaban J connectivity index is 1.56. The Hall–Kier alpha value is -2.39. The Morgan fingerprint density at radius 2 is 1.82 bits per heavy atom. The van der Waals surface area contributed by atoms with Crippen LogP contribution < -0.4 is 5.32 Å². The number of hydrogen-bond donors (Lipinski definition) is 3. The maximum Gasteiger partial charge on any atom is 0.243 e. The zero-order valence-corrected chi connectivity index (χ0v) is 16.4. The first-order valence-electron chi connectivity index (χ1n) is 9.00. The fraction of sp³-hybridized carbons (Fsp3) is 0.211. The Morgan fingerprint density at radius 3 is 2.64 bits per heavy atom. The molecule has 0 radical (unpaired) electrons. The first-order valence-corrected chi connectivity index (χ1v) is 10.8. The van der Waals surface area contributed by atoms with E-state index in [2.05, 4.69) is 20.5 Å². The van der Waals surface area contributed by atoms with Crippen LogP contribution >= 0.6 is 11.6 Å². The van der Waals surface area contributed by atoms with Gasteiger partial charge in [-0.2, -0.15) is 9.40 Å². The van der Waals surface area contributed by atoms with Gasteiger partial charge in [0.1, 0.15) is 5.69 Å². The molecule has 0 spiro atoms. The Bertz CT molecular complexity index is 1290. The molecule has 2 aromatic carbocycles. The smallest absolute Gasteiger partial charge is 0.243 e. The maximum absolute atomic E-state index is 12.9. The molecule has 5 rings (SSSR count). The van der Waals surface area contributed by atoms with Crippen molar-refractivity contribution in [2.45, 2.75) is 4.90 Å². The lowest BCUT2D eigenvalue weighted by Crippen LogP contribution is -2.46. The number of piperazine rings is 1. The normalized spacial score (nSPS) is 16.2. The molecule has 9 heteroatoms. The van der Waals surface area contributed by atoms with E-state index in [0.29, 0.717) is 36.1 Å². The minimum Gasteiger partial charge on any atom is -0.353 e. The molecule has 3 heterocycles. The monoisotopic (exact) mass is 415 g/mol. The van der Waals surface area contributed by atoms with Gasteiger partial charge in [-0.05, 0) is 42.5 Å². The SMILES string of the molecule is O=S(=O)(c1ccc2[nH]c(-c3n[nH]c4cc(Cl)ccc34)cc2c1)N1CCNCC1. The highest BCUT2D eigenvalue weighted by Gasteiger charge is 2.26. The van der Waals surface area contributed by atoms with Gasteiger partial charge in [0.15, 0.2) is 0 Å². The van der Waals surface area contributed by atoms with Crippen LogP contribution in [0.25, 0.3) is 33.2 Å². The van der Waals surface area contributed by atoms with Crippen molar-refractivity contribution >= 4 is 43.4 Å². The fourth-order valence-electron chi connectivity index (χ4n) is 3.63. The summed E-state index contributed by atoms with van der Waals surface area (Å²) in [6.45, 7) is 2.32. The molecule has 3 N–H and O–H groups in total. The van der Waals surface area contributed by atoms with Gasteiger partial charge in [-0.3, -0.25) is 5.10 Å². The minimum absolute atomic E-state index is 0.311. The van der Waals surface area contributed by atoms with Gasteiger partial charge >= 0.3 is 0 Å². The van der Waals surface area contributed by atoms with Crippen molar-refractivity contribution < 1.29 is 8.42 Å². The highest BCUT2D eigenvalue weighted by Crippen LogP contribution is 2.31. The van der Waals surface area contributed by atoms with Gasteiger partial charge in [-0.15, -0.1) is 0 Å². The number of aromatic amines is 2. The number of sulfonamides is 1. The molecule has 0 amide bonds. The summed E-state index contributed by atoms with van der Waals surface area (Å²) in [7, 11) is -3.49. The summed E-state index contributed by atoms with van der Waals surface area (Å²) in [6, 6.07) is 12.7. The largest absolute Gasteiger partial charge is 0.353 e. The molecule has 0 bridgehead atoms. The molecular formula is C19H18ClN5O2S. The topological polar surface area (TPSA) is 93.9 Å². The highest BCUT2D eigenvalue weighted by atomic mass is 35.5. The van der Waals surface area contributed by atoms with E-state index in [1.54, 1.807) is 18.2 Å². The number of rotatable bonds is 3. The molecule has 0 aliphatic carbocycles. The standard InChI is InChI=1S/C19H18ClN5O2S/c20-13-1-3-15-17(11-13)23-24-19(15)18-10-12-9-14(2-4-16(12)22-18)28(26,27)25-7-5-21-6-8-25/h1-4,9-11,21-22H,5-8H2,(H,23,24). The second-order valence-corrected chi connectivity index (χ2v) is 9.22. The van der Waals surface area contributed by atoms with Gasteiger partial charge in [0.2, 0.25) is 10.0 Å². The van der Waals surface area contributed by atoms with Crippen LogP contribution in [-0.2, 0) is 10.0 Å². The van der Waals surface area contributed by atoms with Crippen LogP contribution in [0.2, 0.25) is 5.02 Å². The van der Waals surface area contributed by atoms with E-state index in [1.807, 2.05) is 24.3 Å². The second-order valence-electron chi connectivity index (χ2n) is 6.85. The van der Waals surface area contributed by atoms with E-state index in [4.69, 9.17) is 11.6 Å². The molecule has 1 fully saturated rings. The van der Waals surface area contributed by atoms with Crippen LogP contribution in [0.4, 0.5) is 0 Å². The summed E-state index contributed by atoms with van der Waals surface area (Å²) in [5.74, 6) is 0. The van der Waals surface area contributed by atoms with Gasteiger partial charge < -0.3 is 10.3 Å². The second kappa shape index (κ2) is 6.59. The van der Waals surface area contributed by atoms with Crippen LogP contribution in [0.5, 0.6) is 0 Å².